The van der Waals surface area contributed by atoms with E-state index in [4.69, 9.17) is 4.74 Å². The molecule has 0 aromatic heterocycles. The summed E-state index contributed by atoms with van der Waals surface area (Å²) in [7, 11) is 0. The summed E-state index contributed by atoms with van der Waals surface area (Å²) in [6.45, 7) is 2.67. The summed E-state index contributed by atoms with van der Waals surface area (Å²) < 4.78 is 4.98. The summed E-state index contributed by atoms with van der Waals surface area (Å²) >= 11 is 4.01. The van der Waals surface area contributed by atoms with Crippen molar-refractivity contribution in [1.82, 2.24) is 0 Å². The zero-order chi connectivity index (χ0) is 17.0. The molecule has 0 heterocycles. The molecule has 0 N–H and O–H groups in total. The normalized spacial score (nSPS) is 11.6. The van der Waals surface area contributed by atoms with Gasteiger partial charge in [0.25, 0.3) is 0 Å². The predicted molar refractivity (Wildman–Crippen MR) is 104 cm³/mol. The summed E-state index contributed by atoms with van der Waals surface area (Å²) in [5, 5.41) is 0. The fourth-order valence-electron chi connectivity index (χ4n) is 2.31. The molecule has 0 spiro atoms. The molecule has 0 fully saturated rings. The van der Waals surface area contributed by atoms with Gasteiger partial charge in [-0.15, -0.1) is 0 Å². The maximum atomic E-state index is 11.3. The first kappa shape index (κ1) is 22.3. The van der Waals surface area contributed by atoms with Gasteiger partial charge >= 0.3 is 5.97 Å². The summed E-state index contributed by atoms with van der Waals surface area (Å²) in [5.41, 5.74) is 0. The minimum Gasteiger partial charge on any atom is -0.465 e. The Morgan fingerprint density at radius 2 is 1.48 bits per heavy atom. The van der Waals surface area contributed by atoms with E-state index in [2.05, 4.69) is 43.9 Å². The van der Waals surface area contributed by atoms with Crippen LogP contribution < -0.4 is 0 Å². The average Bonchev–Trinajstić information content (AvgIpc) is 2.56. The predicted octanol–water partition coefficient (Wildman–Crippen LogP) is 6.27. The van der Waals surface area contributed by atoms with Crippen LogP contribution >= 0.6 is 12.6 Å². The number of esters is 1. The molecule has 0 unspecified atom stereocenters. The van der Waals surface area contributed by atoms with Gasteiger partial charge in [-0.1, -0.05) is 63.3 Å². The van der Waals surface area contributed by atoms with Crippen LogP contribution in [-0.4, -0.2) is 18.3 Å². The summed E-state index contributed by atoms with van der Waals surface area (Å²) in [4.78, 5) is 11.3. The fraction of sp³-hybridized carbons (Fsp3) is 0.750. The highest BCUT2D eigenvalue weighted by Crippen LogP contribution is 2.08. The summed E-state index contributed by atoms with van der Waals surface area (Å²) in [5.74, 6) is 0.526. The van der Waals surface area contributed by atoms with Gasteiger partial charge in [0.1, 0.15) is 6.61 Å². The van der Waals surface area contributed by atoms with Crippen molar-refractivity contribution in [3.05, 3.63) is 24.3 Å². The van der Waals surface area contributed by atoms with Gasteiger partial charge in [0, 0.05) is 12.2 Å². The van der Waals surface area contributed by atoms with Gasteiger partial charge in [-0.05, 0) is 38.5 Å². The van der Waals surface area contributed by atoms with E-state index < -0.39 is 0 Å². The van der Waals surface area contributed by atoms with Gasteiger partial charge in [-0.2, -0.15) is 12.6 Å². The van der Waals surface area contributed by atoms with E-state index in [1.165, 1.54) is 51.4 Å². The van der Waals surface area contributed by atoms with E-state index in [0.29, 0.717) is 18.8 Å². The third-order valence-electron chi connectivity index (χ3n) is 3.69. The second kappa shape index (κ2) is 19.3. The number of ether oxygens (including phenoxy) is 1. The van der Waals surface area contributed by atoms with E-state index in [1.807, 2.05) is 0 Å². The van der Waals surface area contributed by atoms with Crippen LogP contribution in [0.2, 0.25) is 0 Å². The molecule has 0 aliphatic heterocycles. The molecule has 0 atom stereocenters. The van der Waals surface area contributed by atoms with E-state index in [9.17, 15) is 4.79 Å². The van der Waals surface area contributed by atoms with E-state index >= 15 is 0 Å². The second-order valence-electron chi connectivity index (χ2n) is 5.92. The molecule has 0 radical (unpaired) electrons. The quantitative estimate of drug-likeness (QED) is 0.155. The number of carbonyl (C=O) groups excluding carboxylic acids is 1. The van der Waals surface area contributed by atoms with Crippen LogP contribution in [0.15, 0.2) is 24.3 Å². The number of hydrogen-bond donors (Lipinski definition) is 1. The van der Waals surface area contributed by atoms with Gasteiger partial charge in [0.05, 0.1) is 0 Å². The molecule has 0 rings (SSSR count). The molecule has 23 heavy (non-hydrogen) atoms. The topological polar surface area (TPSA) is 26.3 Å². The van der Waals surface area contributed by atoms with Crippen LogP contribution in [0.4, 0.5) is 0 Å². The molecular formula is C20H36O2S. The van der Waals surface area contributed by atoms with Crippen LogP contribution in [0.3, 0.4) is 0 Å². The van der Waals surface area contributed by atoms with Crippen molar-refractivity contribution in [3.8, 4) is 0 Å². The van der Waals surface area contributed by atoms with Crippen LogP contribution in [0.1, 0.15) is 84.0 Å². The number of hydrogen-bond acceptors (Lipinski definition) is 3. The molecule has 2 nitrogen and oxygen atoms in total. The molecule has 0 amide bonds. The third kappa shape index (κ3) is 19.3. The molecule has 0 saturated carbocycles. The van der Waals surface area contributed by atoms with E-state index in [-0.39, 0.29) is 5.97 Å². The SMILES string of the molecule is CCCCCC=CCC=CCCCCCCCC(=O)OCCS. The Bertz CT molecular complexity index is 311. The molecule has 134 valence electrons. The summed E-state index contributed by atoms with van der Waals surface area (Å²) in [6.07, 6.45) is 22.9. The lowest BCUT2D eigenvalue weighted by Gasteiger charge is -2.02. The minimum atomic E-state index is -0.0790. The molecule has 0 saturated heterocycles. The number of carbonyl (C=O) groups is 1. The Kier molecular flexibility index (Phi) is 18.8. The van der Waals surface area contributed by atoms with Crippen molar-refractivity contribution < 1.29 is 9.53 Å². The molecule has 0 aliphatic rings. The van der Waals surface area contributed by atoms with Crippen LogP contribution in [0.5, 0.6) is 0 Å². The third-order valence-corrected chi connectivity index (χ3v) is 3.87. The maximum Gasteiger partial charge on any atom is 0.305 e. The van der Waals surface area contributed by atoms with Crippen molar-refractivity contribution in [1.29, 1.82) is 0 Å². The Balaban J connectivity index is 3.23. The smallest absolute Gasteiger partial charge is 0.305 e. The molecule has 0 aromatic rings. The van der Waals surface area contributed by atoms with Crippen molar-refractivity contribution in [2.45, 2.75) is 84.0 Å². The minimum absolute atomic E-state index is 0.0790. The zero-order valence-electron chi connectivity index (χ0n) is 15.0. The maximum absolute atomic E-state index is 11.3. The first-order valence-electron chi connectivity index (χ1n) is 9.37. The molecule has 0 bridgehead atoms. The average molecular weight is 341 g/mol. The molecule has 3 heteroatoms. The van der Waals surface area contributed by atoms with E-state index in [0.717, 1.165) is 19.3 Å². The lowest BCUT2D eigenvalue weighted by Crippen LogP contribution is -2.06. The van der Waals surface area contributed by atoms with Gasteiger partial charge in [0.2, 0.25) is 0 Å². The lowest BCUT2D eigenvalue weighted by atomic mass is 10.1. The fourth-order valence-corrected chi connectivity index (χ4v) is 2.40. The molecule has 0 aromatic carbocycles. The zero-order valence-corrected chi connectivity index (χ0v) is 15.9. The van der Waals surface area contributed by atoms with Crippen molar-refractivity contribution in [2.75, 3.05) is 12.4 Å². The van der Waals surface area contributed by atoms with Gasteiger partial charge in [-0.25, -0.2) is 0 Å². The van der Waals surface area contributed by atoms with Crippen LogP contribution in [0.25, 0.3) is 0 Å². The Morgan fingerprint density at radius 1 is 0.870 bits per heavy atom. The Hall–Kier alpha value is -0.700. The first-order chi connectivity index (χ1) is 11.3. The van der Waals surface area contributed by atoms with Crippen LogP contribution in [-0.2, 0) is 9.53 Å². The van der Waals surface area contributed by atoms with Gasteiger partial charge < -0.3 is 4.74 Å². The highest BCUT2D eigenvalue weighted by atomic mass is 32.1. The van der Waals surface area contributed by atoms with Crippen molar-refractivity contribution in [3.63, 3.8) is 0 Å². The number of thiol groups is 1. The Labute approximate surface area is 149 Å². The van der Waals surface area contributed by atoms with Gasteiger partial charge in [0.15, 0.2) is 0 Å². The van der Waals surface area contributed by atoms with Crippen molar-refractivity contribution >= 4 is 18.6 Å². The van der Waals surface area contributed by atoms with E-state index in [1.54, 1.807) is 0 Å². The highest BCUT2D eigenvalue weighted by Gasteiger charge is 2.01. The van der Waals surface area contributed by atoms with Crippen molar-refractivity contribution in [2.24, 2.45) is 0 Å². The second-order valence-corrected chi connectivity index (χ2v) is 6.37. The first-order valence-corrected chi connectivity index (χ1v) is 10.0. The monoisotopic (exact) mass is 340 g/mol. The number of rotatable bonds is 16. The number of unbranched alkanes of at least 4 members (excludes halogenated alkanes) is 8. The standard InChI is InChI=1S/C20H36O2S/c1-2-3-4-5-6-7-8-9-10-11-12-13-14-15-16-17-20(21)22-18-19-23/h6-7,9-10,23H,2-5,8,11-19H2,1H3. The largest absolute Gasteiger partial charge is 0.465 e. The summed E-state index contributed by atoms with van der Waals surface area (Å²) in [6, 6.07) is 0. The van der Waals surface area contributed by atoms with Crippen LogP contribution in [0, 0.1) is 0 Å². The number of allylic oxidation sites excluding steroid dienone is 4. The molecular weight excluding hydrogens is 304 g/mol. The molecule has 0 aliphatic carbocycles. The lowest BCUT2D eigenvalue weighted by molar-refractivity contribution is -0.143. The highest BCUT2D eigenvalue weighted by molar-refractivity contribution is 7.80. The van der Waals surface area contributed by atoms with Gasteiger partial charge in [-0.3, -0.25) is 4.79 Å². The Morgan fingerprint density at radius 3 is 2.13 bits per heavy atom.